The maximum atomic E-state index is 11.7. The molecule has 0 saturated carbocycles. The molecule has 18 heavy (non-hydrogen) atoms. The summed E-state index contributed by atoms with van der Waals surface area (Å²) in [6, 6.07) is 4.04. The molecule has 98 valence electrons. The van der Waals surface area contributed by atoms with Gasteiger partial charge in [0.2, 0.25) is 0 Å². The molecule has 0 aliphatic carbocycles. The van der Waals surface area contributed by atoms with Crippen molar-refractivity contribution in [3.8, 4) is 0 Å². The molecule has 0 heterocycles. The maximum Gasteiger partial charge on any atom is 0.270 e. The van der Waals surface area contributed by atoms with Crippen molar-refractivity contribution in [1.82, 2.24) is 0 Å². The third-order valence-corrected chi connectivity index (χ3v) is 2.87. The largest absolute Gasteiger partial charge is 0.370 e. The summed E-state index contributed by atoms with van der Waals surface area (Å²) in [4.78, 5) is 21.7. The van der Waals surface area contributed by atoms with Crippen molar-refractivity contribution in [1.29, 1.82) is 0 Å². The number of hydrogen-bond acceptors (Lipinski definition) is 5. The van der Waals surface area contributed by atoms with Crippen LogP contribution in [0.4, 0.5) is 11.4 Å². The van der Waals surface area contributed by atoms with E-state index in [1.165, 1.54) is 25.3 Å². The number of methoxy groups -OCH3 is 1. The number of nitrogens with zero attached hydrogens (tertiary/aromatic N) is 1. The molecule has 1 aromatic rings. The van der Waals surface area contributed by atoms with Crippen LogP contribution in [0.5, 0.6) is 0 Å². The molecule has 0 aliphatic heterocycles. The number of hydrogen-bond donors (Lipinski definition) is 2. The fraction of sp³-hybridized carbons (Fsp3) is 0.300. The Balaban J connectivity index is 2.86. The van der Waals surface area contributed by atoms with Crippen LogP contribution < -0.4 is 11.1 Å². The number of non-ortho nitro benzene ring substituents is 1. The molecular formula is C10H12BrN3O4. The van der Waals surface area contributed by atoms with Crippen molar-refractivity contribution in [2.45, 2.75) is 6.10 Å². The van der Waals surface area contributed by atoms with E-state index in [4.69, 9.17) is 10.5 Å². The molecule has 1 unspecified atom stereocenters. The number of nitrogens with two attached hydrogens (primary N) is 1. The number of carbonyl (C=O) groups is 1. The van der Waals surface area contributed by atoms with Crippen LogP contribution in [-0.2, 0) is 9.53 Å². The summed E-state index contributed by atoms with van der Waals surface area (Å²) >= 11 is 3.15. The molecule has 0 radical (unpaired) electrons. The molecule has 8 heteroatoms. The Bertz CT molecular complexity index is 462. The summed E-state index contributed by atoms with van der Waals surface area (Å²) in [6.45, 7) is 0.0485. The summed E-state index contributed by atoms with van der Waals surface area (Å²) in [7, 11) is 1.38. The first-order valence-electron chi connectivity index (χ1n) is 4.97. The third-order valence-electron chi connectivity index (χ3n) is 2.21. The Morgan fingerprint density at radius 1 is 1.67 bits per heavy atom. The second-order valence-electron chi connectivity index (χ2n) is 3.37. The number of nitro groups is 1. The molecule has 1 amide bonds. The van der Waals surface area contributed by atoms with Crippen molar-refractivity contribution in [3.63, 3.8) is 0 Å². The van der Waals surface area contributed by atoms with E-state index in [2.05, 4.69) is 21.2 Å². The van der Waals surface area contributed by atoms with Gasteiger partial charge in [0, 0.05) is 30.3 Å². The van der Waals surface area contributed by atoms with Crippen LogP contribution in [0, 0.1) is 10.1 Å². The van der Waals surface area contributed by atoms with Crippen molar-refractivity contribution in [2.75, 3.05) is 19.0 Å². The monoisotopic (exact) mass is 317 g/mol. The first-order chi connectivity index (χ1) is 8.49. The highest BCUT2D eigenvalue weighted by atomic mass is 79.9. The Morgan fingerprint density at radius 3 is 2.78 bits per heavy atom. The van der Waals surface area contributed by atoms with Gasteiger partial charge in [-0.25, -0.2) is 0 Å². The van der Waals surface area contributed by atoms with E-state index in [1.54, 1.807) is 0 Å². The molecule has 0 aromatic heterocycles. The lowest BCUT2D eigenvalue weighted by atomic mass is 10.2. The minimum Gasteiger partial charge on any atom is -0.370 e. The highest BCUT2D eigenvalue weighted by Gasteiger charge is 2.17. The van der Waals surface area contributed by atoms with Gasteiger partial charge in [-0.2, -0.15) is 0 Å². The van der Waals surface area contributed by atoms with E-state index in [9.17, 15) is 14.9 Å². The van der Waals surface area contributed by atoms with Gasteiger partial charge in [0.1, 0.15) is 6.10 Å². The minimum absolute atomic E-state index is 0.0485. The second-order valence-corrected chi connectivity index (χ2v) is 4.22. The average molecular weight is 318 g/mol. The predicted octanol–water partition coefficient (Wildman–Crippen LogP) is 1.27. The summed E-state index contributed by atoms with van der Waals surface area (Å²) in [5.74, 6) is -0.408. The van der Waals surface area contributed by atoms with E-state index in [1.807, 2.05) is 0 Å². The highest BCUT2D eigenvalue weighted by molar-refractivity contribution is 9.10. The molecule has 7 nitrogen and oxygen atoms in total. The molecule has 0 saturated heterocycles. The van der Waals surface area contributed by atoms with E-state index < -0.39 is 16.9 Å². The van der Waals surface area contributed by atoms with Crippen molar-refractivity contribution < 1.29 is 14.5 Å². The molecule has 3 N–H and O–H groups in total. The van der Waals surface area contributed by atoms with Crippen LogP contribution in [0.3, 0.4) is 0 Å². The van der Waals surface area contributed by atoms with Gasteiger partial charge in [-0.15, -0.1) is 0 Å². The Hall–Kier alpha value is -1.51. The summed E-state index contributed by atoms with van der Waals surface area (Å²) in [5.41, 5.74) is 5.70. The van der Waals surface area contributed by atoms with Crippen molar-refractivity contribution in [3.05, 3.63) is 32.8 Å². The topological polar surface area (TPSA) is 107 Å². The summed E-state index contributed by atoms with van der Waals surface area (Å²) in [5, 5.41) is 13.1. The van der Waals surface area contributed by atoms with E-state index in [0.29, 0.717) is 10.2 Å². The molecule has 1 atom stereocenters. The van der Waals surface area contributed by atoms with Gasteiger partial charge in [-0.3, -0.25) is 14.9 Å². The highest BCUT2D eigenvalue weighted by Crippen LogP contribution is 2.27. The van der Waals surface area contributed by atoms with Gasteiger partial charge in [0.05, 0.1) is 10.6 Å². The van der Waals surface area contributed by atoms with Crippen LogP contribution >= 0.6 is 15.9 Å². The number of benzene rings is 1. The minimum atomic E-state index is -0.757. The molecule has 0 spiro atoms. The number of amides is 1. The number of carbonyl (C=O) groups excluding carboxylic acids is 1. The molecule has 0 aliphatic rings. The SMILES string of the molecule is COC(CN)C(=O)Nc1ccc([N+](=O)[O-])cc1Br. The fourth-order valence-electron chi connectivity index (χ4n) is 1.24. The van der Waals surface area contributed by atoms with Gasteiger partial charge < -0.3 is 15.8 Å². The first-order valence-corrected chi connectivity index (χ1v) is 5.76. The van der Waals surface area contributed by atoms with Gasteiger partial charge >= 0.3 is 0 Å². The number of anilines is 1. The molecule has 0 bridgehead atoms. The fourth-order valence-corrected chi connectivity index (χ4v) is 1.71. The van der Waals surface area contributed by atoms with Crippen LogP contribution in [0.25, 0.3) is 0 Å². The molecule has 1 rings (SSSR count). The van der Waals surface area contributed by atoms with E-state index >= 15 is 0 Å². The lowest BCUT2D eigenvalue weighted by Crippen LogP contribution is -2.35. The lowest BCUT2D eigenvalue weighted by Gasteiger charge is -2.13. The molecular weight excluding hydrogens is 306 g/mol. The van der Waals surface area contributed by atoms with Crippen molar-refractivity contribution in [2.24, 2.45) is 5.73 Å². The van der Waals surface area contributed by atoms with E-state index in [-0.39, 0.29) is 12.2 Å². The van der Waals surface area contributed by atoms with Gasteiger partial charge in [0.15, 0.2) is 0 Å². The molecule has 1 aromatic carbocycles. The number of nitrogens with one attached hydrogen (secondary N) is 1. The second kappa shape index (κ2) is 6.43. The normalized spacial score (nSPS) is 11.9. The smallest absolute Gasteiger partial charge is 0.270 e. The zero-order valence-corrected chi connectivity index (χ0v) is 11.1. The number of halogens is 1. The summed E-state index contributed by atoms with van der Waals surface area (Å²) < 4.78 is 5.29. The zero-order chi connectivity index (χ0) is 13.7. The Labute approximate surface area is 112 Å². The van der Waals surface area contributed by atoms with Crippen molar-refractivity contribution >= 4 is 33.2 Å². The van der Waals surface area contributed by atoms with Crippen LogP contribution in [-0.4, -0.2) is 30.6 Å². The summed E-state index contributed by atoms with van der Waals surface area (Å²) in [6.07, 6.45) is -0.757. The van der Waals surface area contributed by atoms with Crippen LogP contribution in [0.1, 0.15) is 0 Å². The predicted molar refractivity (Wildman–Crippen MR) is 69.3 cm³/mol. The van der Waals surface area contributed by atoms with E-state index in [0.717, 1.165) is 0 Å². The molecule has 0 fully saturated rings. The number of ether oxygens (including phenoxy) is 1. The van der Waals surface area contributed by atoms with Gasteiger partial charge in [0.25, 0.3) is 11.6 Å². The standard InChI is InChI=1S/C10H12BrN3O4/c1-18-9(5-12)10(15)13-8-3-2-6(14(16)17)4-7(8)11/h2-4,9H,5,12H2,1H3,(H,13,15). The third kappa shape index (κ3) is 3.49. The van der Waals surface area contributed by atoms with Crippen LogP contribution in [0.15, 0.2) is 22.7 Å². The Kier molecular flexibility index (Phi) is 5.20. The zero-order valence-electron chi connectivity index (χ0n) is 9.55. The Morgan fingerprint density at radius 2 is 2.33 bits per heavy atom. The lowest BCUT2D eigenvalue weighted by molar-refractivity contribution is -0.384. The number of nitro benzene ring substituents is 1. The quantitative estimate of drug-likeness (QED) is 0.628. The van der Waals surface area contributed by atoms with Crippen LogP contribution in [0.2, 0.25) is 0 Å². The first kappa shape index (κ1) is 14.6. The van der Waals surface area contributed by atoms with Gasteiger partial charge in [-0.05, 0) is 22.0 Å². The average Bonchev–Trinajstić information content (AvgIpc) is 2.33. The maximum absolute atomic E-state index is 11.7. The van der Waals surface area contributed by atoms with Gasteiger partial charge in [-0.1, -0.05) is 0 Å². The number of rotatable bonds is 5.